The molecular weight excluding hydrogens is 374 g/mol. The normalized spacial score (nSPS) is 13.8. The predicted molar refractivity (Wildman–Crippen MR) is 121 cm³/mol. The number of pyridine rings is 1. The molecule has 2 N–H and O–H groups in total. The number of allylic oxidation sites excluding steroid dienone is 3. The van der Waals surface area contributed by atoms with Crippen molar-refractivity contribution < 1.29 is 4.74 Å². The van der Waals surface area contributed by atoms with Gasteiger partial charge in [0.25, 0.3) is 0 Å². The fraction of sp³-hybridized carbons (Fsp3) is 0.292. The average molecular weight is 399 g/mol. The number of nitrogens with zero attached hydrogens (tertiary/aromatic N) is 4. The highest BCUT2D eigenvalue weighted by molar-refractivity contribution is 6.09. The SMILES string of the molecule is CCN(CC)c1ccc(/C=C2/C(C)=C(C#N)c3nc(N)c(C#N)c(C)c32)c(OC)c1. The van der Waals surface area contributed by atoms with Crippen LogP contribution in [0.15, 0.2) is 23.8 Å². The molecule has 30 heavy (non-hydrogen) atoms. The van der Waals surface area contributed by atoms with E-state index in [4.69, 9.17) is 10.5 Å². The lowest BCUT2D eigenvalue weighted by Gasteiger charge is -2.22. The Morgan fingerprint density at radius 1 is 1.17 bits per heavy atom. The molecule has 1 aromatic carbocycles. The predicted octanol–water partition coefficient (Wildman–Crippen LogP) is 4.55. The molecular formula is C24H25N5O. The molecule has 6 heteroatoms. The number of nitrogen functional groups attached to an aromatic ring is 1. The first-order valence-electron chi connectivity index (χ1n) is 9.88. The molecule has 0 saturated carbocycles. The van der Waals surface area contributed by atoms with Crippen molar-refractivity contribution in [2.45, 2.75) is 27.7 Å². The van der Waals surface area contributed by atoms with Crippen LogP contribution in [0.4, 0.5) is 11.5 Å². The van der Waals surface area contributed by atoms with Crippen molar-refractivity contribution in [1.29, 1.82) is 10.5 Å². The van der Waals surface area contributed by atoms with E-state index in [1.165, 1.54) is 0 Å². The average Bonchev–Trinajstić information content (AvgIpc) is 3.00. The van der Waals surface area contributed by atoms with Crippen molar-refractivity contribution in [1.82, 2.24) is 4.98 Å². The molecule has 0 radical (unpaired) electrons. The van der Waals surface area contributed by atoms with E-state index in [-0.39, 0.29) is 5.82 Å². The monoisotopic (exact) mass is 399 g/mol. The number of hydrogen-bond donors (Lipinski definition) is 1. The molecule has 152 valence electrons. The van der Waals surface area contributed by atoms with Crippen LogP contribution in [0.1, 0.15) is 48.7 Å². The van der Waals surface area contributed by atoms with Gasteiger partial charge in [0.05, 0.1) is 23.9 Å². The molecule has 0 unspecified atom stereocenters. The summed E-state index contributed by atoms with van der Waals surface area (Å²) in [4.78, 5) is 6.63. The first-order valence-corrected chi connectivity index (χ1v) is 9.88. The number of hydrogen-bond acceptors (Lipinski definition) is 6. The molecule has 2 aromatic rings. The number of aromatic nitrogens is 1. The van der Waals surface area contributed by atoms with Crippen molar-refractivity contribution in [2.75, 3.05) is 30.8 Å². The van der Waals surface area contributed by atoms with Gasteiger partial charge in [0.15, 0.2) is 0 Å². The highest BCUT2D eigenvalue weighted by Crippen LogP contribution is 2.45. The van der Waals surface area contributed by atoms with Gasteiger partial charge in [-0.25, -0.2) is 4.98 Å². The van der Waals surface area contributed by atoms with Gasteiger partial charge in [0, 0.05) is 36.0 Å². The Labute approximate surface area is 177 Å². The number of benzene rings is 1. The maximum Gasteiger partial charge on any atom is 0.142 e. The largest absolute Gasteiger partial charge is 0.496 e. The molecule has 1 aromatic heterocycles. The summed E-state index contributed by atoms with van der Waals surface area (Å²) in [6, 6.07) is 10.5. The number of anilines is 2. The fourth-order valence-corrected chi connectivity index (χ4v) is 3.96. The zero-order chi connectivity index (χ0) is 22.0. The van der Waals surface area contributed by atoms with E-state index in [1.807, 2.05) is 32.1 Å². The molecule has 6 nitrogen and oxygen atoms in total. The zero-order valence-corrected chi connectivity index (χ0v) is 18.0. The van der Waals surface area contributed by atoms with Gasteiger partial charge in [-0.1, -0.05) is 0 Å². The van der Waals surface area contributed by atoms with Crippen LogP contribution >= 0.6 is 0 Å². The summed E-state index contributed by atoms with van der Waals surface area (Å²) in [6.45, 7) is 9.79. The van der Waals surface area contributed by atoms with Crippen LogP contribution in [0.3, 0.4) is 0 Å². The maximum atomic E-state index is 9.72. The lowest BCUT2D eigenvalue weighted by molar-refractivity contribution is 0.414. The molecule has 0 bridgehead atoms. The van der Waals surface area contributed by atoms with E-state index >= 15 is 0 Å². The number of rotatable bonds is 5. The summed E-state index contributed by atoms with van der Waals surface area (Å²) in [5.41, 5.74) is 12.5. The molecule has 0 spiro atoms. The van der Waals surface area contributed by atoms with Gasteiger partial charge < -0.3 is 15.4 Å². The molecule has 1 aliphatic rings. The van der Waals surface area contributed by atoms with E-state index < -0.39 is 0 Å². The lowest BCUT2D eigenvalue weighted by atomic mass is 9.95. The standard InChI is InChI=1S/C24H25N5O/c1-6-29(7-2)17-9-8-16(21(11-17)30-5)10-18-14(3)19(12-25)23-22(18)15(4)20(13-26)24(27)28-23/h8-11H,6-7H2,1-5H3,(H2,27,28)/b18-10-. The van der Waals surface area contributed by atoms with Crippen molar-refractivity contribution >= 4 is 28.7 Å². The Kier molecular flexibility index (Phi) is 5.80. The Bertz CT molecular complexity index is 1160. The Morgan fingerprint density at radius 2 is 1.87 bits per heavy atom. The van der Waals surface area contributed by atoms with E-state index in [0.717, 1.165) is 52.4 Å². The van der Waals surface area contributed by atoms with Crippen LogP contribution < -0.4 is 15.4 Å². The summed E-state index contributed by atoms with van der Waals surface area (Å²) < 4.78 is 5.67. The van der Waals surface area contributed by atoms with Crippen molar-refractivity contribution in [2.24, 2.45) is 0 Å². The number of fused-ring (bicyclic) bond motifs is 1. The minimum Gasteiger partial charge on any atom is -0.496 e. The molecule has 0 amide bonds. The van der Waals surface area contributed by atoms with Crippen molar-refractivity contribution in [3.05, 3.63) is 51.7 Å². The van der Waals surface area contributed by atoms with Crippen LogP contribution in [0.2, 0.25) is 0 Å². The Balaban J connectivity index is 2.24. The second kappa shape index (κ2) is 8.31. The van der Waals surface area contributed by atoms with Crippen LogP contribution in [-0.4, -0.2) is 25.2 Å². The van der Waals surface area contributed by atoms with E-state index in [1.54, 1.807) is 7.11 Å². The van der Waals surface area contributed by atoms with Crippen LogP contribution in [0, 0.1) is 29.6 Å². The molecule has 1 aliphatic carbocycles. The van der Waals surface area contributed by atoms with E-state index in [2.05, 4.69) is 41.9 Å². The van der Waals surface area contributed by atoms with Gasteiger partial charge in [-0.3, -0.25) is 0 Å². The summed E-state index contributed by atoms with van der Waals surface area (Å²) >= 11 is 0. The van der Waals surface area contributed by atoms with Crippen molar-refractivity contribution in [3.63, 3.8) is 0 Å². The first kappa shape index (κ1) is 21.0. The van der Waals surface area contributed by atoms with E-state index in [9.17, 15) is 10.5 Å². The third kappa shape index (κ3) is 3.27. The quantitative estimate of drug-likeness (QED) is 0.792. The fourth-order valence-electron chi connectivity index (χ4n) is 3.96. The van der Waals surface area contributed by atoms with E-state index in [0.29, 0.717) is 16.8 Å². The minimum absolute atomic E-state index is 0.150. The summed E-state index contributed by atoms with van der Waals surface area (Å²) in [6.07, 6.45) is 2.00. The third-order valence-corrected chi connectivity index (χ3v) is 5.63. The smallest absolute Gasteiger partial charge is 0.142 e. The number of methoxy groups -OCH3 is 1. The summed E-state index contributed by atoms with van der Waals surface area (Å²) in [5.74, 6) is 0.893. The summed E-state index contributed by atoms with van der Waals surface area (Å²) in [7, 11) is 1.65. The Morgan fingerprint density at radius 3 is 2.43 bits per heavy atom. The Hall–Kier alpha value is -3.77. The van der Waals surface area contributed by atoms with Gasteiger partial charge in [-0.2, -0.15) is 10.5 Å². The molecule has 0 atom stereocenters. The van der Waals surface area contributed by atoms with Crippen LogP contribution in [-0.2, 0) is 0 Å². The van der Waals surface area contributed by atoms with Crippen LogP contribution in [0.5, 0.6) is 5.75 Å². The molecule has 0 fully saturated rings. The number of nitriles is 2. The minimum atomic E-state index is 0.150. The lowest BCUT2D eigenvalue weighted by Crippen LogP contribution is -2.21. The zero-order valence-electron chi connectivity index (χ0n) is 18.0. The van der Waals surface area contributed by atoms with Gasteiger partial charge in [0.1, 0.15) is 23.7 Å². The van der Waals surface area contributed by atoms with Gasteiger partial charge >= 0.3 is 0 Å². The first-order chi connectivity index (χ1) is 14.4. The number of ether oxygens (including phenoxy) is 1. The molecule has 3 rings (SSSR count). The van der Waals surface area contributed by atoms with Gasteiger partial charge in [0.2, 0.25) is 0 Å². The van der Waals surface area contributed by atoms with Gasteiger partial charge in [-0.05, 0) is 62.6 Å². The second-order valence-corrected chi connectivity index (χ2v) is 7.10. The molecule has 0 saturated heterocycles. The third-order valence-electron chi connectivity index (χ3n) is 5.63. The second-order valence-electron chi connectivity index (χ2n) is 7.10. The topological polar surface area (TPSA) is 99.0 Å². The van der Waals surface area contributed by atoms with Crippen molar-refractivity contribution in [3.8, 4) is 17.9 Å². The van der Waals surface area contributed by atoms with Gasteiger partial charge in [-0.15, -0.1) is 0 Å². The van der Waals surface area contributed by atoms with Crippen LogP contribution in [0.25, 0.3) is 17.2 Å². The number of nitrogens with two attached hydrogens (primary N) is 1. The molecule has 0 aliphatic heterocycles. The maximum absolute atomic E-state index is 9.72. The highest BCUT2D eigenvalue weighted by Gasteiger charge is 2.29. The molecule has 1 heterocycles. The summed E-state index contributed by atoms with van der Waals surface area (Å²) in [5, 5.41) is 19.2. The highest BCUT2D eigenvalue weighted by atomic mass is 16.5.